The smallest absolute Gasteiger partial charge is 0.339 e. The van der Waals surface area contributed by atoms with E-state index < -0.39 is 11.9 Å². The van der Waals surface area contributed by atoms with Gasteiger partial charge in [-0.2, -0.15) is 5.10 Å². The first-order valence-corrected chi connectivity index (χ1v) is 5.25. The number of hydrogen-bond acceptors (Lipinski definition) is 3. The molecule has 1 amide bonds. The summed E-state index contributed by atoms with van der Waals surface area (Å²) in [5.74, 6) is -2.14. The van der Waals surface area contributed by atoms with Crippen molar-refractivity contribution in [2.24, 2.45) is 5.73 Å². The molecule has 0 fully saturated rings. The minimum atomic E-state index is -1.27. The molecule has 3 N–H and O–H groups in total. The Balaban J connectivity index is 2.65. The zero-order valence-electron chi connectivity index (χ0n) is 9.00. The normalized spacial score (nSPS) is 10.3. The van der Waals surface area contributed by atoms with E-state index in [0.29, 0.717) is 10.7 Å². The molecule has 92 valence electrons. The molecular formula is C11H8ClN3O3. The maximum absolute atomic E-state index is 11.3. The van der Waals surface area contributed by atoms with Crippen molar-refractivity contribution in [1.82, 2.24) is 9.78 Å². The highest BCUT2D eigenvalue weighted by atomic mass is 35.5. The lowest BCUT2D eigenvalue weighted by atomic mass is 10.2. The van der Waals surface area contributed by atoms with Gasteiger partial charge in [0, 0.05) is 5.02 Å². The van der Waals surface area contributed by atoms with Gasteiger partial charge in [0.05, 0.1) is 11.9 Å². The van der Waals surface area contributed by atoms with Crippen LogP contribution in [0, 0.1) is 0 Å². The number of rotatable bonds is 3. The van der Waals surface area contributed by atoms with Crippen molar-refractivity contribution in [3.8, 4) is 5.69 Å². The number of carboxylic acid groups (broad SMARTS) is 1. The van der Waals surface area contributed by atoms with E-state index in [0.717, 1.165) is 10.9 Å². The SMILES string of the molecule is NC(=O)c1c(C(=O)O)cnn1-c1cccc(Cl)c1. The average Bonchev–Trinajstić information content (AvgIpc) is 2.73. The molecule has 2 aromatic rings. The van der Waals surface area contributed by atoms with Crippen molar-refractivity contribution in [2.75, 3.05) is 0 Å². The Kier molecular flexibility index (Phi) is 3.03. The first kappa shape index (κ1) is 12.1. The summed E-state index contributed by atoms with van der Waals surface area (Å²) >= 11 is 5.82. The summed E-state index contributed by atoms with van der Waals surface area (Å²) in [7, 11) is 0. The lowest BCUT2D eigenvalue weighted by molar-refractivity contribution is 0.0692. The summed E-state index contributed by atoms with van der Waals surface area (Å²) in [6.07, 6.45) is 1.07. The van der Waals surface area contributed by atoms with Gasteiger partial charge < -0.3 is 10.8 Å². The molecule has 6 nitrogen and oxygen atoms in total. The number of halogens is 1. The zero-order valence-corrected chi connectivity index (χ0v) is 9.76. The molecule has 0 spiro atoms. The van der Waals surface area contributed by atoms with Crippen molar-refractivity contribution in [3.63, 3.8) is 0 Å². The molecule has 0 bridgehead atoms. The molecule has 0 unspecified atom stereocenters. The molecule has 1 heterocycles. The number of benzene rings is 1. The second-order valence-corrected chi connectivity index (χ2v) is 3.90. The highest BCUT2D eigenvalue weighted by Crippen LogP contribution is 2.18. The van der Waals surface area contributed by atoms with Crippen LogP contribution >= 0.6 is 11.6 Å². The largest absolute Gasteiger partial charge is 0.478 e. The summed E-state index contributed by atoms with van der Waals surface area (Å²) < 4.78 is 1.15. The van der Waals surface area contributed by atoms with Crippen molar-refractivity contribution in [1.29, 1.82) is 0 Å². The Hall–Kier alpha value is -2.34. The molecular weight excluding hydrogens is 258 g/mol. The lowest BCUT2D eigenvalue weighted by Crippen LogP contribution is -2.20. The van der Waals surface area contributed by atoms with Crippen molar-refractivity contribution < 1.29 is 14.7 Å². The van der Waals surface area contributed by atoms with Crippen LogP contribution < -0.4 is 5.73 Å². The van der Waals surface area contributed by atoms with E-state index in [9.17, 15) is 9.59 Å². The van der Waals surface area contributed by atoms with Gasteiger partial charge in [-0.05, 0) is 18.2 Å². The number of primary amides is 1. The lowest BCUT2D eigenvalue weighted by Gasteiger charge is -2.05. The van der Waals surface area contributed by atoms with Gasteiger partial charge in [-0.1, -0.05) is 17.7 Å². The van der Waals surface area contributed by atoms with E-state index in [2.05, 4.69) is 5.10 Å². The Morgan fingerprint density at radius 1 is 1.39 bits per heavy atom. The standard InChI is InChI=1S/C11H8ClN3O3/c12-6-2-1-3-7(4-6)15-9(10(13)16)8(5-14-15)11(17)18/h1-5H,(H2,13,16)(H,17,18). The van der Waals surface area contributed by atoms with Gasteiger partial charge in [-0.15, -0.1) is 0 Å². The highest BCUT2D eigenvalue weighted by Gasteiger charge is 2.21. The van der Waals surface area contributed by atoms with Crippen molar-refractivity contribution >= 4 is 23.5 Å². The summed E-state index contributed by atoms with van der Waals surface area (Å²) in [6.45, 7) is 0. The summed E-state index contributed by atoms with van der Waals surface area (Å²) in [6, 6.07) is 6.49. The second kappa shape index (κ2) is 4.50. The molecule has 0 saturated carbocycles. The average molecular weight is 266 g/mol. The van der Waals surface area contributed by atoms with E-state index in [1.54, 1.807) is 24.3 Å². The summed E-state index contributed by atoms with van der Waals surface area (Å²) in [5.41, 5.74) is 5.20. The molecule has 0 aliphatic heterocycles. The summed E-state index contributed by atoms with van der Waals surface area (Å²) in [4.78, 5) is 22.3. The minimum absolute atomic E-state index is 0.190. The number of carbonyl (C=O) groups excluding carboxylic acids is 1. The Morgan fingerprint density at radius 3 is 2.67 bits per heavy atom. The molecule has 1 aromatic carbocycles. The van der Waals surface area contributed by atoms with Gasteiger partial charge in [0.2, 0.25) is 0 Å². The zero-order chi connectivity index (χ0) is 13.3. The molecule has 7 heteroatoms. The van der Waals surface area contributed by atoms with Gasteiger partial charge in [0.1, 0.15) is 11.3 Å². The van der Waals surface area contributed by atoms with E-state index in [-0.39, 0.29) is 11.3 Å². The molecule has 0 radical (unpaired) electrons. The number of carboxylic acids is 1. The van der Waals surface area contributed by atoms with Crippen LogP contribution in [-0.4, -0.2) is 26.8 Å². The van der Waals surface area contributed by atoms with Crippen molar-refractivity contribution in [2.45, 2.75) is 0 Å². The number of aromatic carboxylic acids is 1. The Labute approximate surface area is 107 Å². The van der Waals surface area contributed by atoms with Gasteiger partial charge in [-0.25, -0.2) is 9.48 Å². The first-order valence-electron chi connectivity index (χ1n) is 4.87. The van der Waals surface area contributed by atoms with Gasteiger partial charge >= 0.3 is 5.97 Å². The van der Waals surface area contributed by atoms with Crippen LogP contribution in [0.1, 0.15) is 20.8 Å². The monoisotopic (exact) mass is 265 g/mol. The predicted molar refractivity (Wildman–Crippen MR) is 64.1 cm³/mol. The highest BCUT2D eigenvalue weighted by molar-refractivity contribution is 6.30. The molecule has 2 rings (SSSR count). The first-order chi connectivity index (χ1) is 8.50. The van der Waals surface area contributed by atoms with E-state index in [1.165, 1.54) is 0 Å². The van der Waals surface area contributed by atoms with Crippen LogP contribution in [0.5, 0.6) is 0 Å². The van der Waals surface area contributed by atoms with Crippen LogP contribution in [0.4, 0.5) is 0 Å². The maximum Gasteiger partial charge on any atom is 0.339 e. The topological polar surface area (TPSA) is 98.2 Å². The minimum Gasteiger partial charge on any atom is -0.478 e. The molecule has 1 aromatic heterocycles. The van der Waals surface area contributed by atoms with Crippen LogP contribution in [0.2, 0.25) is 5.02 Å². The fourth-order valence-corrected chi connectivity index (χ4v) is 1.73. The fourth-order valence-electron chi connectivity index (χ4n) is 1.55. The molecule has 0 aliphatic carbocycles. The predicted octanol–water partition coefficient (Wildman–Crippen LogP) is 1.32. The number of amides is 1. The van der Waals surface area contributed by atoms with Crippen LogP contribution in [0.3, 0.4) is 0 Å². The summed E-state index contributed by atoms with van der Waals surface area (Å²) in [5, 5.41) is 13.2. The second-order valence-electron chi connectivity index (χ2n) is 3.47. The van der Waals surface area contributed by atoms with E-state index >= 15 is 0 Å². The van der Waals surface area contributed by atoms with Crippen molar-refractivity contribution in [3.05, 3.63) is 46.7 Å². The van der Waals surface area contributed by atoms with Gasteiger partial charge in [0.15, 0.2) is 0 Å². The number of aromatic nitrogens is 2. The van der Waals surface area contributed by atoms with Gasteiger partial charge in [-0.3, -0.25) is 4.79 Å². The number of carbonyl (C=O) groups is 2. The third-order valence-corrected chi connectivity index (χ3v) is 2.52. The fraction of sp³-hybridized carbons (Fsp3) is 0. The number of hydrogen-bond donors (Lipinski definition) is 2. The molecule has 0 atom stereocenters. The van der Waals surface area contributed by atoms with Crippen LogP contribution in [-0.2, 0) is 0 Å². The van der Waals surface area contributed by atoms with E-state index in [1.807, 2.05) is 0 Å². The number of nitrogens with two attached hydrogens (primary N) is 1. The van der Waals surface area contributed by atoms with Gasteiger partial charge in [0.25, 0.3) is 5.91 Å². The Bertz CT molecular complexity index is 636. The van der Waals surface area contributed by atoms with E-state index in [4.69, 9.17) is 22.4 Å². The number of nitrogens with zero attached hydrogens (tertiary/aromatic N) is 2. The maximum atomic E-state index is 11.3. The molecule has 18 heavy (non-hydrogen) atoms. The van der Waals surface area contributed by atoms with Crippen LogP contribution in [0.25, 0.3) is 5.69 Å². The third-order valence-electron chi connectivity index (χ3n) is 2.29. The van der Waals surface area contributed by atoms with Crippen LogP contribution in [0.15, 0.2) is 30.5 Å². The molecule has 0 aliphatic rings. The molecule has 0 saturated heterocycles. The Morgan fingerprint density at radius 2 is 2.11 bits per heavy atom. The quantitative estimate of drug-likeness (QED) is 0.874. The third kappa shape index (κ3) is 2.05.